The predicted octanol–water partition coefficient (Wildman–Crippen LogP) is 4.64. The molecule has 0 radical (unpaired) electrons. The Morgan fingerprint density at radius 2 is 1.80 bits per heavy atom. The lowest BCUT2D eigenvalue weighted by molar-refractivity contribution is 0.171. The van der Waals surface area contributed by atoms with Crippen LogP contribution in [0.1, 0.15) is 53.9 Å². The minimum absolute atomic E-state index is 0.576. The number of ether oxygens (including phenoxy) is 1. The van der Waals surface area contributed by atoms with Gasteiger partial charge < -0.3 is 4.74 Å². The summed E-state index contributed by atoms with van der Waals surface area (Å²) in [5.74, 6) is 3.13. The molecule has 1 nitrogen and oxygen atoms in total. The van der Waals surface area contributed by atoms with Gasteiger partial charge in [-0.25, -0.2) is 0 Å². The Hall–Kier alpha value is -0.460. The van der Waals surface area contributed by atoms with Gasteiger partial charge >= 0.3 is 0 Å². The number of methoxy groups -OCH3 is 1. The molecule has 0 saturated carbocycles. The molecule has 0 aromatic heterocycles. The topological polar surface area (TPSA) is 9.23 Å². The zero-order valence-corrected chi connectivity index (χ0v) is 11.3. The van der Waals surface area contributed by atoms with Crippen LogP contribution in [0.25, 0.3) is 0 Å². The van der Waals surface area contributed by atoms with Gasteiger partial charge in [-0.15, -0.1) is 0 Å². The van der Waals surface area contributed by atoms with Crippen molar-refractivity contribution < 1.29 is 4.74 Å². The third kappa shape index (κ3) is 4.72. The molecule has 0 aliphatic heterocycles. The molecular weight excluding hydrogens is 184 g/mol. The van der Waals surface area contributed by atoms with Crippen LogP contribution >= 0.6 is 0 Å². The first-order chi connectivity index (χ1) is 7.08. The van der Waals surface area contributed by atoms with Crippen LogP contribution in [0.2, 0.25) is 0 Å². The van der Waals surface area contributed by atoms with E-state index in [1.54, 1.807) is 7.11 Å². The fourth-order valence-electron chi connectivity index (χ4n) is 2.16. The third-order valence-electron chi connectivity index (χ3n) is 3.17. The van der Waals surface area contributed by atoms with Gasteiger partial charge in [-0.1, -0.05) is 47.5 Å². The van der Waals surface area contributed by atoms with Gasteiger partial charge in [0, 0.05) is 5.92 Å². The highest BCUT2D eigenvalue weighted by Gasteiger charge is 2.24. The minimum Gasteiger partial charge on any atom is -0.501 e. The summed E-state index contributed by atoms with van der Waals surface area (Å²) in [7, 11) is 1.80. The Balaban J connectivity index is 4.69. The van der Waals surface area contributed by atoms with Crippen molar-refractivity contribution in [3.05, 3.63) is 11.8 Å². The summed E-state index contributed by atoms with van der Waals surface area (Å²) >= 11 is 0. The Kier molecular flexibility index (Phi) is 7.54. The highest BCUT2D eigenvalue weighted by molar-refractivity contribution is 5.01. The zero-order chi connectivity index (χ0) is 11.8. The van der Waals surface area contributed by atoms with Gasteiger partial charge in [0.2, 0.25) is 0 Å². The molecule has 2 unspecified atom stereocenters. The van der Waals surface area contributed by atoms with Crippen LogP contribution in [-0.4, -0.2) is 7.11 Å². The SMILES string of the molecule is CCC/C=C(/OC)C(C(C)C)C(C)CC. The molecule has 0 aliphatic rings. The summed E-state index contributed by atoms with van der Waals surface area (Å²) in [6, 6.07) is 0. The molecule has 0 amide bonds. The summed E-state index contributed by atoms with van der Waals surface area (Å²) in [5.41, 5.74) is 0. The van der Waals surface area contributed by atoms with Gasteiger partial charge in [-0.2, -0.15) is 0 Å². The number of hydrogen-bond donors (Lipinski definition) is 0. The molecule has 0 N–H and O–H groups in total. The van der Waals surface area contributed by atoms with Crippen molar-refractivity contribution >= 4 is 0 Å². The zero-order valence-electron chi connectivity index (χ0n) is 11.3. The van der Waals surface area contributed by atoms with Crippen LogP contribution in [0.3, 0.4) is 0 Å². The van der Waals surface area contributed by atoms with Crippen LogP contribution < -0.4 is 0 Å². The number of unbranched alkanes of at least 4 members (excludes halogenated alkanes) is 1. The van der Waals surface area contributed by atoms with Crippen LogP contribution in [-0.2, 0) is 4.74 Å². The maximum absolute atomic E-state index is 5.56. The molecule has 0 aromatic carbocycles. The molecule has 0 rings (SSSR count). The van der Waals surface area contributed by atoms with Gasteiger partial charge in [0.05, 0.1) is 12.9 Å². The first-order valence-electron chi connectivity index (χ1n) is 6.32. The number of hydrogen-bond acceptors (Lipinski definition) is 1. The Morgan fingerprint density at radius 3 is 2.13 bits per heavy atom. The molecule has 2 atom stereocenters. The summed E-state index contributed by atoms with van der Waals surface area (Å²) in [6.07, 6.45) is 5.81. The lowest BCUT2D eigenvalue weighted by Gasteiger charge is -2.28. The van der Waals surface area contributed by atoms with E-state index in [1.165, 1.54) is 18.6 Å². The molecule has 15 heavy (non-hydrogen) atoms. The van der Waals surface area contributed by atoms with Crippen molar-refractivity contribution in [3.8, 4) is 0 Å². The van der Waals surface area contributed by atoms with Crippen LogP contribution in [0.5, 0.6) is 0 Å². The Labute approximate surface area is 95.9 Å². The van der Waals surface area contributed by atoms with E-state index in [-0.39, 0.29) is 0 Å². The second kappa shape index (κ2) is 7.78. The summed E-state index contributed by atoms with van der Waals surface area (Å²) < 4.78 is 5.56. The molecule has 0 aliphatic carbocycles. The van der Waals surface area contributed by atoms with E-state index in [0.29, 0.717) is 17.8 Å². The van der Waals surface area contributed by atoms with Crippen LogP contribution in [0, 0.1) is 17.8 Å². The van der Waals surface area contributed by atoms with Gasteiger partial charge in [-0.05, 0) is 24.3 Å². The Morgan fingerprint density at radius 1 is 1.20 bits per heavy atom. The quantitative estimate of drug-likeness (QED) is 0.559. The van der Waals surface area contributed by atoms with Crippen molar-refractivity contribution in [2.75, 3.05) is 7.11 Å². The lowest BCUT2D eigenvalue weighted by atomic mass is 9.81. The van der Waals surface area contributed by atoms with E-state index >= 15 is 0 Å². The molecule has 0 heterocycles. The molecule has 0 spiro atoms. The number of rotatable bonds is 7. The van der Waals surface area contributed by atoms with Crippen molar-refractivity contribution in [2.45, 2.75) is 53.9 Å². The van der Waals surface area contributed by atoms with Gasteiger partial charge in [0.1, 0.15) is 0 Å². The molecule has 0 bridgehead atoms. The van der Waals surface area contributed by atoms with E-state index in [0.717, 1.165) is 6.42 Å². The largest absolute Gasteiger partial charge is 0.501 e. The second-order valence-corrected chi connectivity index (χ2v) is 4.75. The van der Waals surface area contributed by atoms with E-state index in [1.807, 2.05) is 0 Å². The highest BCUT2D eigenvalue weighted by atomic mass is 16.5. The molecule has 90 valence electrons. The maximum atomic E-state index is 5.56. The van der Waals surface area contributed by atoms with Crippen LogP contribution in [0.15, 0.2) is 11.8 Å². The van der Waals surface area contributed by atoms with Crippen molar-refractivity contribution in [1.82, 2.24) is 0 Å². The summed E-state index contributed by atoms with van der Waals surface area (Å²) in [4.78, 5) is 0. The van der Waals surface area contributed by atoms with Crippen LogP contribution in [0.4, 0.5) is 0 Å². The van der Waals surface area contributed by atoms with Crippen molar-refractivity contribution in [3.63, 3.8) is 0 Å². The lowest BCUT2D eigenvalue weighted by Crippen LogP contribution is -2.21. The molecular formula is C14H28O. The molecule has 1 heteroatoms. The normalized spacial score (nSPS) is 16.6. The van der Waals surface area contributed by atoms with E-state index < -0.39 is 0 Å². The van der Waals surface area contributed by atoms with E-state index in [4.69, 9.17) is 4.74 Å². The molecule has 0 saturated heterocycles. The summed E-state index contributed by atoms with van der Waals surface area (Å²) in [5, 5.41) is 0. The number of allylic oxidation sites excluding steroid dienone is 2. The second-order valence-electron chi connectivity index (χ2n) is 4.75. The maximum Gasteiger partial charge on any atom is 0.0951 e. The monoisotopic (exact) mass is 212 g/mol. The van der Waals surface area contributed by atoms with Gasteiger partial charge in [-0.3, -0.25) is 0 Å². The average molecular weight is 212 g/mol. The summed E-state index contributed by atoms with van der Waals surface area (Å²) in [6.45, 7) is 11.4. The predicted molar refractivity (Wildman–Crippen MR) is 67.8 cm³/mol. The third-order valence-corrected chi connectivity index (χ3v) is 3.17. The fourth-order valence-corrected chi connectivity index (χ4v) is 2.16. The van der Waals surface area contributed by atoms with Crippen molar-refractivity contribution in [2.24, 2.45) is 17.8 Å². The smallest absolute Gasteiger partial charge is 0.0951 e. The molecule has 0 aromatic rings. The van der Waals surface area contributed by atoms with Crippen molar-refractivity contribution in [1.29, 1.82) is 0 Å². The highest BCUT2D eigenvalue weighted by Crippen LogP contribution is 2.31. The average Bonchev–Trinajstić information content (AvgIpc) is 2.22. The van der Waals surface area contributed by atoms with E-state index in [2.05, 4.69) is 40.7 Å². The standard InChI is InChI=1S/C14H28O/c1-7-9-10-13(15-6)14(11(3)4)12(5)8-2/h10-12,14H,7-9H2,1-6H3/b13-10+. The minimum atomic E-state index is 0.576. The van der Waals surface area contributed by atoms with E-state index in [9.17, 15) is 0 Å². The Bertz CT molecular complexity index is 182. The molecule has 0 fully saturated rings. The van der Waals surface area contributed by atoms with Gasteiger partial charge in [0.15, 0.2) is 0 Å². The first kappa shape index (κ1) is 14.5. The van der Waals surface area contributed by atoms with Gasteiger partial charge in [0.25, 0.3) is 0 Å². The first-order valence-corrected chi connectivity index (χ1v) is 6.32. The fraction of sp³-hybridized carbons (Fsp3) is 0.857.